The third-order valence-electron chi connectivity index (χ3n) is 2.59. The molecule has 15 heavy (non-hydrogen) atoms. The Morgan fingerprint density at radius 1 is 1.40 bits per heavy atom. The number of carbonyl (C=O) groups is 1. The van der Waals surface area contributed by atoms with Gasteiger partial charge < -0.3 is 10.1 Å². The van der Waals surface area contributed by atoms with E-state index >= 15 is 0 Å². The van der Waals surface area contributed by atoms with Gasteiger partial charge in [0.2, 0.25) is 0 Å². The topological polar surface area (TPSA) is 38.3 Å². The Morgan fingerprint density at radius 2 is 2.13 bits per heavy atom. The third-order valence-corrected chi connectivity index (χ3v) is 2.59. The lowest BCUT2D eigenvalue weighted by atomic mass is 10.2. The molecule has 1 aromatic rings. The standard InChI is InChI=1S/C12H15NO2/c1-9-7-11(8-13-9)15-12(14)10-5-3-2-4-6-10/h2-6,9,11,13H,7-8H2,1H3. The van der Waals surface area contributed by atoms with Gasteiger partial charge >= 0.3 is 5.97 Å². The SMILES string of the molecule is CC1CC(OC(=O)c2ccccc2)CN1. The largest absolute Gasteiger partial charge is 0.457 e. The lowest BCUT2D eigenvalue weighted by Crippen LogP contribution is -2.21. The molecule has 2 atom stereocenters. The molecule has 0 amide bonds. The Kier molecular flexibility index (Phi) is 3.02. The highest BCUT2D eigenvalue weighted by Gasteiger charge is 2.24. The van der Waals surface area contributed by atoms with E-state index in [0.29, 0.717) is 11.6 Å². The third kappa shape index (κ3) is 2.57. The lowest BCUT2D eigenvalue weighted by molar-refractivity contribution is 0.0340. The zero-order valence-electron chi connectivity index (χ0n) is 8.77. The number of hydrogen-bond acceptors (Lipinski definition) is 3. The van der Waals surface area contributed by atoms with E-state index in [1.165, 1.54) is 0 Å². The summed E-state index contributed by atoms with van der Waals surface area (Å²) in [5.41, 5.74) is 0.622. The molecular weight excluding hydrogens is 190 g/mol. The van der Waals surface area contributed by atoms with Gasteiger partial charge in [-0.05, 0) is 19.1 Å². The maximum atomic E-state index is 11.7. The highest BCUT2D eigenvalue weighted by molar-refractivity contribution is 5.89. The zero-order valence-corrected chi connectivity index (χ0v) is 8.77. The first-order chi connectivity index (χ1) is 7.25. The number of rotatable bonds is 2. The molecular formula is C12H15NO2. The number of carbonyl (C=O) groups excluding carboxylic acids is 1. The molecule has 80 valence electrons. The molecule has 1 aromatic carbocycles. The molecule has 0 aromatic heterocycles. The second kappa shape index (κ2) is 4.45. The predicted molar refractivity (Wildman–Crippen MR) is 57.7 cm³/mol. The van der Waals surface area contributed by atoms with E-state index in [2.05, 4.69) is 12.2 Å². The molecule has 2 rings (SSSR count). The highest BCUT2D eigenvalue weighted by Crippen LogP contribution is 2.12. The molecule has 1 N–H and O–H groups in total. The summed E-state index contributed by atoms with van der Waals surface area (Å²) in [6.07, 6.45) is 0.922. The van der Waals surface area contributed by atoms with E-state index in [1.807, 2.05) is 18.2 Å². The number of benzene rings is 1. The molecule has 2 unspecified atom stereocenters. The molecule has 0 radical (unpaired) electrons. The quantitative estimate of drug-likeness (QED) is 0.745. The first kappa shape index (κ1) is 10.2. The molecule has 1 saturated heterocycles. The highest BCUT2D eigenvalue weighted by atomic mass is 16.5. The van der Waals surface area contributed by atoms with Crippen molar-refractivity contribution in [1.29, 1.82) is 0 Å². The van der Waals surface area contributed by atoms with Crippen LogP contribution in [0.15, 0.2) is 30.3 Å². The van der Waals surface area contributed by atoms with Crippen molar-refractivity contribution < 1.29 is 9.53 Å². The molecule has 0 spiro atoms. The second-order valence-electron chi connectivity index (χ2n) is 3.94. The van der Waals surface area contributed by atoms with Gasteiger partial charge in [0.15, 0.2) is 0 Å². The lowest BCUT2D eigenvalue weighted by Gasteiger charge is -2.10. The summed E-state index contributed by atoms with van der Waals surface area (Å²) in [5.74, 6) is -0.225. The van der Waals surface area contributed by atoms with E-state index in [-0.39, 0.29) is 12.1 Å². The summed E-state index contributed by atoms with van der Waals surface area (Å²) in [6, 6.07) is 9.55. The Morgan fingerprint density at radius 3 is 2.73 bits per heavy atom. The van der Waals surface area contributed by atoms with Gasteiger partial charge in [-0.15, -0.1) is 0 Å². The fourth-order valence-electron chi connectivity index (χ4n) is 1.78. The predicted octanol–water partition coefficient (Wildman–Crippen LogP) is 1.59. The first-order valence-corrected chi connectivity index (χ1v) is 5.25. The van der Waals surface area contributed by atoms with Gasteiger partial charge in [0.05, 0.1) is 5.56 Å². The van der Waals surface area contributed by atoms with Crippen molar-refractivity contribution in [2.24, 2.45) is 0 Å². The normalized spacial score (nSPS) is 25.1. The molecule has 1 aliphatic rings. The van der Waals surface area contributed by atoms with Gasteiger partial charge in [-0.2, -0.15) is 0 Å². The Hall–Kier alpha value is -1.35. The molecule has 3 heteroatoms. The number of nitrogens with one attached hydrogen (secondary N) is 1. The van der Waals surface area contributed by atoms with Crippen molar-refractivity contribution in [3.8, 4) is 0 Å². The Labute approximate surface area is 89.4 Å². The second-order valence-corrected chi connectivity index (χ2v) is 3.94. The van der Waals surface area contributed by atoms with Crippen molar-refractivity contribution in [3.05, 3.63) is 35.9 Å². The van der Waals surface area contributed by atoms with Crippen LogP contribution in [-0.4, -0.2) is 24.7 Å². The molecule has 0 aliphatic carbocycles. The number of esters is 1. The van der Waals surface area contributed by atoms with Crippen molar-refractivity contribution in [2.45, 2.75) is 25.5 Å². The van der Waals surface area contributed by atoms with Gasteiger partial charge in [0, 0.05) is 19.0 Å². The molecule has 1 fully saturated rings. The van der Waals surface area contributed by atoms with Crippen molar-refractivity contribution in [3.63, 3.8) is 0 Å². The maximum absolute atomic E-state index is 11.7. The Balaban J connectivity index is 1.93. The van der Waals surface area contributed by atoms with E-state index in [9.17, 15) is 4.79 Å². The van der Waals surface area contributed by atoms with Crippen LogP contribution in [0.1, 0.15) is 23.7 Å². The van der Waals surface area contributed by atoms with E-state index in [4.69, 9.17) is 4.74 Å². The summed E-state index contributed by atoms with van der Waals surface area (Å²) in [7, 11) is 0. The monoisotopic (exact) mass is 205 g/mol. The molecule has 1 aliphatic heterocycles. The Bertz CT molecular complexity index is 337. The van der Waals surface area contributed by atoms with Crippen molar-refractivity contribution in [1.82, 2.24) is 5.32 Å². The molecule has 0 saturated carbocycles. The molecule has 3 nitrogen and oxygen atoms in total. The van der Waals surface area contributed by atoms with Gasteiger partial charge in [-0.3, -0.25) is 0 Å². The van der Waals surface area contributed by atoms with Crippen LogP contribution in [-0.2, 0) is 4.74 Å². The van der Waals surface area contributed by atoms with Crippen LogP contribution in [0.4, 0.5) is 0 Å². The smallest absolute Gasteiger partial charge is 0.338 e. The number of ether oxygens (including phenoxy) is 1. The van der Waals surface area contributed by atoms with Crippen LogP contribution in [0, 0.1) is 0 Å². The average molecular weight is 205 g/mol. The summed E-state index contributed by atoms with van der Waals surface area (Å²) in [4.78, 5) is 11.7. The van der Waals surface area contributed by atoms with Crippen LogP contribution >= 0.6 is 0 Å². The van der Waals surface area contributed by atoms with Crippen LogP contribution < -0.4 is 5.32 Å². The van der Waals surface area contributed by atoms with E-state index in [1.54, 1.807) is 12.1 Å². The first-order valence-electron chi connectivity index (χ1n) is 5.25. The fraction of sp³-hybridized carbons (Fsp3) is 0.417. The summed E-state index contributed by atoms with van der Waals surface area (Å²) in [6.45, 7) is 2.86. The summed E-state index contributed by atoms with van der Waals surface area (Å²) < 4.78 is 5.37. The van der Waals surface area contributed by atoms with Crippen LogP contribution in [0.3, 0.4) is 0 Å². The van der Waals surface area contributed by atoms with Gasteiger partial charge in [0.1, 0.15) is 6.10 Å². The van der Waals surface area contributed by atoms with Crippen molar-refractivity contribution in [2.75, 3.05) is 6.54 Å². The van der Waals surface area contributed by atoms with Crippen molar-refractivity contribution >= 4 is 5.97 Å². The van der Waals surface area contributed by atoms with Gasteiger partial charge in [0.25, 0.3) is 0 Å². The minimum Gasteiger partial charge on any atom is -0.457 e. The summed E-state index contributed by atoms with van der Waals surface area (Å²) in [5, 5.41) is 3.25. The minimum absolute atomic E-state index is 0.0210. The summed E-state index contributed by atoms with van der Waals surface area (Å²) >= 11 is 0. The maximum Gasteiger partial charge on any atom is 0.338 e. The van der Waals surface area contributed by atoms with Gasteiger partial charge in [-0.1, -0.05) is 18.2 Å². The molecule has 0 bridgehead atoms. The van der Waals surface area contributed by atoms with E-state index in [0.717, 1.165) is 13.0 Å². The fourth-order valence-corrected chi connectivity index (χ4v) is 1.78. The number of hydrogen-bond donors (Lipinski definition) is 1. The van der Waals surface area contributed by atoms with Crippen LogP contribution in [0.5, 0.6) is 0 Å². The van der Waals surface area contributed by atoms with Gasteiger partial charge in [-0.25, -0.2) is 4.79 Å². The van der Waals surface area contributed by atoms with E-state index < -0.39 is 0 Å². The van der Waals surface area contributed by atoms with Crippen LogP contribution in [0.25, 0.3) is 0 Å². The minimum atomic E-state index is -0.225. The van der Waals surface area contributed by atoms with Crippen LogP contribution in [0.2, 0.25) is 0 Å². The molecule has 1 heterocycles. The average Bonchev–Trinajstić information content (AvgIpc) is 2.65. The zero-order chi connectivity index (χ0) is 10.7.